The molecule has 5 heteroatoms. The van der Waals surface area contributed by atoms with E-state index in [9.17, 15) is 9.59 Å². The first-order chi connectivity index (χ1) is 11.0. The molecule has 128 valence electrons. The van der Waals surface area contributed by atoms with Crippen molar-refractivity contribution in [2.75, 3.05) is 13.2 Å². The van der Waals surface area contributed by atoms with Crippen LogP contribution in [-0.2, 0) is 14.3 Å². The lowest BCUT2D eigenvalue weighted by molar-refractivity contribution is -0.147. The van der Waals surface area contributed by atoms with Crippen LogP contribution in [0.2, 0.25) is 0 Å². The Hall–Kier alpha value is -2.04. The maximum Gasteiger partial charge on any atom is 0.329 e. The van der Waals surface area contributed by atoms with Crippen LogP contribution in [0.3, 0.4) is 0 Å². The van der Waals surface area contributed by atoms with E-state index < -0.39 is 6.04 Å². The minimum absolute atomic E-state index is 0.217. The molecule has 1 aromatic heterocycles. The zero-order chi connectivity index (χ0) is 17.2. The summed E-state index contributed by atoms with van der Waals surface area (Å²) in [7, 11) is 0. The van der Waals surface area contributed by atoms with Gasteiger partial charge in [-0.3, -0.25) is 4.79 Å². The fraction of sp³-hybridized carbons (Fsp3) is 0.556. The third-order valence-corrected chi connectivity index (χ3v) is 3.41. The summed E-state index contributed by atoms with van der Waals surface area (Å²) < 4.78 is 11.7. The molecule has 0 fully saturated rings. The highest BCUT2D eigenvalue weighted by atomic mass is 16.5. The van der Waals surface area contributed by atoms with Crippen LogP contribution < -0.4 is 5.56 Å². The number of nitrogens with zero attached hydrogens (tertiary/aromatic N) is 1. The van der Waals surface area contributed by atoms with Gasteiger partial charge in [0.2, 0.25) is 0 Å². The Bertz CT molecular complexity index is 575. The monoisotopic (exact) mass is 321 g/mol. The number of ether oxygens (including phenoxy) is 2. The van der Waals surface area contributed by atoms with Gasteiger partial charge in [-0.1, -0.05) is 13.8 Å². The molecule has 1 rings (SSSR count). The summed E-state index contributed by atoms with van der Waals surface area (Å²) in [4.78, 5) is 24.5. The van der Waals surface area contributed by atoms with E-state index in [1.165, 1.54) is 10.6 Å². The first kappa shape index (κ1) is 19.0. The Morgan fingerprint density at radius 1 is 1.26 bits per heavy atom. The summed E-state index contributed by atoms with van der Waals surface area (Å²) in [5.41, 5.74) is 0.525. The van der Waals surface area contributed by atoms with Crippen LogP contribution >= 0.6 is 0 Å². The van der Waals surface area contributed by atoms with Crippen molar-refractivity contribution in [1.29, 1.82) is 0 Å². The molecule has 0 amide bonds. The summed E-state index contributed by atoms with van der Waals surface area (Å²) in [5.74, 6) is 0.101. The van der Waals surface area contributed by atoms with E-state index in [1.807, 2.05) is 6.92 Å². The Labute approximate surface area is 137 Å². The highest BCUT2D eigenvalue weighted by molar-refractivity contribution is 5.74. The Morgan fingerprint density at radius 2 is 2.00 bits per heavy atom. The normalized spacial score (nSPS) is 12.6. The summed E-state index contributed by atoms with van der Waals surface area (Å²) >= 11 is 0. The topological polar surface area (TPSA) is 57.5 Å². The molecule has 0 radical (unpaired) electrons. The van der Waals surface area contributed by atoms with Gasteiger partial charge >= 0.3 is 5.97 Å². The Morgan fingerprint density at radius 3 is 2.57 bits per heavy atom. The van der Waals surface area contributed by atoms with Gasteiger partial charge in [0.1, 0.15) is 6.04 Å². The van der Waals surface area contributed by atoms with Gasteiger partial charge in [0.05, 0.1) is 19.5 Å². The van der Waals surface area contributed by atoms with E-state index in [0.29, 0.717) is 25.6 Å². The van der Waals surface area contributed by atoms with Crippen LogP contribution in [0, 0.1) is 5.92 Å². The molecule has 1 atom stereocenters. The van der Waals surface area contributed by atoms with Gasteiger partial charge in [-0.05, 0) is 50.3 Å². The van der Waals surface area contributed by atoms with E-state index in [2.05, 4.69) is 13.8 Å². The van der Waals surface area contributed by atoms with Gasteiger partial charge in [0.15, 0.2) is 0 Å². The van der Waals surface area contributed by atoms with Crippen molar-refractivity contribution >= 4 is 12.0 Å². The molecule has 1 aromatic rings. The summed E-state index contributed by atoms with van der Waals surface area (Å²) in [6.07, 6.45) is 6.37. The first-order valence-corrected chi connectivity index (χ1v) is 8.16. The Balaban J connectivity index is 3.01. The third kappa shape index (κ3) is 6.30. The molecule has 0 saturated heterocycles. The highest BCUT2D eigenvalue weighted by Gasteiger charge is 2.22. The minimum atomic E-state index is -0.574. The molecular weight excluding hydrogens is 294 g/mol. The number of hydrogen-bond acceptors (Lipinski definition) is 4. The molecule has 0 aliphatic rings. The molecule has 0 aromatic carbocycles. The van der Waals surface area contributed by atoms with E-state index in [-0.39, 0.29) is 11.5 Å². The summed E-state index contributed by atoms with van der Waals surface area (Å²) in [6, 6.07) is 2.71. The number of hydrogen-bond donors (Lipinski definition) is 0. The quantitative estimate of drug-likeness (QED) is 0.517. The third-order valence-electron chi connectivity index (χ3n) is 3.41. The van der Waals surface area contributed by atoms with E-state index in [1.54, 1.807) is 31.5 Å². The lowest BCUT2D eigenvalue weighted by Crippen LogP contribution is -2.30. The lowest BCUT2D eigenvalue weighted by Gasteiger charge is -2.19. The number of esters is 1. The standard InChI is InChI=1S/C18H27NO4/c1-5-22-12-10-15-9-11-19(17(20)13-15)16(8-7-14(3)4)18(21)23-6-2/h9-14,16H,5-8H2,1-4H3/b12-10+. The fourth-order valence-corrected chi connectivity index (χ4v) is 2.19. The number of carbonyl (C=O) groups is 1. The molecule has 5 nitrogen and oxygen atoms in total. The fourth-order valence-electron chi connectivity index (χ4n) is 2.19. The van der Waals surface area contributed by atoms with Crippen molar-refractivity contribution in [3.63, 3.8) is 0 Å². The second kappa shape index (κ2) is 9.87. The van der Waals surface area contributed by atoms with Gasteiger partial charge in [0.25, 0.3) is 5.56 Å². The van der Waals surface area contributed by atoms with Crippen molar-refractivity contribution in [3.05, 3.63) is 40.5 Å². The average Bonchev–Trinajstić information content (AvgIpc) is 2.49. The highest BCUT2D eigenvalue weighted by Crippen LogP contribution is 2.18. The van der Waals surface area contributed by atoms with Crippen molar-refractivity contribution in [3.8, 4) is 0 Å². The molecule has 1 heterocycles. The van der Waals surface area contributed by atoms with Crippen LogP contribution in [0.4, 0.5) is 0 Å². The van der Waals surface area contributed by atoms with Crippen LogP contribution in [0.5, 0.6) is 0 Å². The summed E-state index contributed by atoms with van der Waals surface area (Å²) in [6.45, 7) is 8.72. The first-order valence-electron chi connectivity index (χ1n) is 8.16. The second-order valence-electron chi connectivity index (χ2n) is 5.70. The predicted molar refractivity (Wildman–Crippen MR) is 91.1 cm³/mol. The van der Waals surface area contributed by atoms with Crippen LogP contribution in [0.1, 0.15) is 52.1 Å². The van der Waals surface area contributed by atoms with Crippen molar-refractivity contribution in [2.45, 2.75) is 46.6 Å². The molecule has 0 aliphatic heterocycles. The Kier molecular flexibility index (Phi) is 8.16. The van der Waals surface area contributed by atoms with Gasteiger partial charge in [-0.2, -0.15) is 0 Å². The SMILES string of the molecule is CCO/C=C/c1ccn(C(CCC(C)C)C(=O)OCC)c(=O)c1. The zero-order valence-electron chi connectivity index (χ0n) is 14.5. The van der Waals surface area contributed by atoms with E-state index in [0.717, 1.165) is 12.0 Å². The number of aromatic nitrogens is 1. The maximum atomic E-state index is 12.3. The van der Waals surface area contributed by atoms with E-state index in [4.69, 9.17) is 9.47 Å². The minimum Gasteiger partial charge on any atom is -0.501 e. The molecule has 0 saturated carbocycles. The van der Waals surface area contributed by atoms with Gasteiger partial charge in [-0.15, -0.1) is 0 Å². The largest absolute Gasteiger partial charge is 0.501 e. The maximum absolute atomic E-state index is 12.3. The molecule has 0 bridgehead atoms. The molecule has 1 unspecified atom stereocenters. The number of carbonyl (C=O) groups excluding carboxylic acids is 1. The predicted octanol–water partition coefficient (Wildman–Crippen LogP) is 3.40. The van der Waals surface area contributed by atoms with Crippen molar-refractivity contribution in [2.24, 2.45) is 5.92 Å². The molecule has 23 heavy (non-hydrogen) atoms. The van der Waals surface area contributed by atoms with Gasteiger partial charge in [0, 0.05) is 12.3 Å². The zero-order valence-corrected chi connectivity index (χ0v) is 14.5. The summed E-state index contributed by atoms with van der Waals surface area (Å²) in [5, 5.41) is 0. The number of rotatable bonds is 9. The second-order valence-corrected chi connectivity index (χ2v) is 5.70. The van der Waals surface area contributed by atoms with E-state index >= 15 is 0 Å². The van der Waals surface area contributed by atoms with Crippen molar-refractivity contribution in [1.82, 2.24) is 4.57 Å². The smallest absolute Gasteiger partial charge is 0.329 e. The molecular formula is C18H27NO4. The molecule has 0 aliphatic carbocycles. The van der Waals surface area contributed by atoms with Crippen molar-refractivity contribution < 1.29 is 14.3 Å². The van der Waals surface area contributed by atoms with Crippen LogP contribution in [0.25, 0.3) is 6.08 Å². The van der Waals surface area contributed by atoms with Gasteiger partial charge < -0.3 is 14.0 Å². The molecule has 0 N–H and O–H groups in total. The molecule has 0 spiro atoms. The average molecular weight is 321 g/mol. The van der Waals surface area contributed by atoms with Gasteiger partial charge in [-0.25, -0.2) is 4.79 Å². The lowest BCUT2D eigenvalue weighted by atomic mass is 10.0. The number of pyridine rings is 1. The van der Waals surface area contributed by atoms with Crippen LogP contribution in [0.15, 0.2) is 29.4 Å². The van der Waals surface area contributed by atoms with Crippen LogP contribution in [-0.4, -0.2) is 23.8 Å².